The van der Waals surface area contributed by atoms with Crippen LogP contribution in [0.15, 0.2) is 6.07 Å². The molecule has 0 bridgehead atoms. The topological polar surface area (TPSA) is 52.3 Å². The lowest BCUT2D eigenvalue weighted by molar-refractivity contribution is 0.0533. The average Bonchev–Trinajstić information content (AvgIpc) is 2.47. The van der Waals surface area contributed by atoms with Crippen molar-refractivity contribution in [3.63, 3.8) is 0 Å². The SMILES string of the molecule is CCOC(=O)c1sc(CS)cc1N. The number of thiophene rings is 1. The minimum Gasteiger partial charge on any atom is -0.462 e. The van der Waals surface area contributed by atoms with E-state index < -0.39 is 0 Å². The minimum absolute atomic E-state index is 0.349. The predicted octanol–water partition coefficient (Wildman–Crippen LogP) is 1.94. The normalized spacial score (nSPS) is 10.0. The highest BCUT2D eigenvalue weighted by Crippen LogP contribution is 2.26. The van der Waals surface area contributed by atoms with E-state index in [1.165, 1.54) is 11.3 Å². The van der Waals surface area contributed by atoms with E-state index in [-0.39, 0.29) is 5.97 Å². The summed E-state index contributed by atoms with van der Waals surface area (Å²) in [6, 6.07) is 1.75. The Bertz CT molecular complexity index is 309. The van der Waals surface area contributed by atoms with Gasteiger partial charge in [-0.1, -0.05) is 0 Å². The van der Waals surface area contributed by atoms with E-state index in [0.29, 0.717) is 22.9 Å². The number of carbonyl (C=O) groups is 1. The van der Waals surface area contributed by atoms with Crippen LogP contribution in [0.5, 0.6) is 0 Å². The van der Waals surface area contributed by atoms with Crippen molar-refractivity contribution in [3.05, 3.63) is 15.8 Å². The van der Waals surface area contributed by atoms with Crippen LogP contribution in [0.1, 0.15) is 21.5 Å². The van der Waals surface area contributed by atoms with E-state index in [1.54, 1.807) is 13.0 Å². The molecule has 0 atom stereocenters. The zero-order valence-corrected chi connectivity index (χ0v) is 8.95. The fourth-order valence-electron chi connectivity index (χ4n) is 0.893. The second-order valence-electron chi connectivity index (χ2n) is 2.38. The Balaban J connectivity index is 2.87. The largest absolute Gasteiger partial charge is 0.462 e. The van der Waals surface area contributed by atoms with Crippen LogP contribution in [0.2, 0.25) is 0 Å². The number of esters is 1. The van der Waals surface area contributed by atoms with Crippen molar-refractivity contribution in [2.75, 3.05) is 12.3 Å². The Morgan fingerprint density at radius 1 is 1.77 bits per heavy atom. The van der Waals surface area contributed by atoms with Crippen molar-refractivity contribution in [3.8, 4) is 0 Å². The van der Waals surface area contributed by atoms with Gasteiger partial charge in [-0.25, -0.2) is 4.79 Å². The lowest BCUT2D eigenvalue weighted by Gasteiger charge is -1.98. The molecule has 0 saturated carbocycles. The number of rotatable bonds is 3. The van der Waals surface area contributed by atoms with Gasteiger partial charge in [-0.3, -0.25) is 0 Å². The number of nitrogens with two attached hydrogens (primary N) is 1. The molecule has 1 rings (SSSR count). The molecule has 0 radical (unpaired) electrons. The smallest absolute Gasteiger partial charge is 0.350 e. The van der Waals surface area contributed by atoms with Gasteiger partial charge in [0.25, 0.3) is 0 Å². The zero-order chi connectivity index (χ0) is 9.84. The number of thiol groups is 1. The van der Waals surface area contributed by atoms with Crippen molar-refractivity contribution >= 4 is 35.6 Å². The van der Waals surface area contributed by atoms with E-state index >= 15 is 0 Å². The molecule has 0 unspecified atom stereocenters. The van der Waals surface area contributed by atoms with Crippen molar-refractivity contribution in [1.29, 1.82) is 0 Å². The molecule has 1 heterocycles. The van der Waals surface area contributed by atoms with Gasteiger partial charge in [0.1, 0.15) is 4.88 Å². The van der Waals surface area contributed by atoms with Crippen LogP contribution < -0.4 is 5.73 Å². The number of hydrogen-bond acceptors (Lipinski definition) is 5. The average molecular weight is 217 g/mol. The van der Waals surface area contributed by atoms with Gasteiger partial charge in [-0.2, -0.15) is 12.6 Å². The van der Waals surface area contributed by atoms with Crippen LogP contribution in [0, 0.1) is 0 Å². The first-order valence-corrected chi connectivity index (χ1v) is 5.30. The molecule has 72 valence electrons. The van der Waals surface area contributed by atoms with Crippen LogP contribution in [0.25, 0.3) is 0 Å². The summed E-state index contributed by atoms with van der Waals surface area (Å²) in [6.07, 6.45) is 0. The summed E-state index contributed by atoms with van der Waals surface area (Å²) in [4.78, 5) is 12.7. The lowest BCUT2D eigenvalue weighted by Crippen LogP contribution is -2.04. The quantitative estimate of drug-likeness (QED) is 0.601. The maximum absolute atomic E-state index is 11.3. The third-order valence-corrected chi connectivity index (χ3v) is 3.11. The van der Waals surface area contributed by atoms with E-state index in [2.05, 4.69) is 12.6 Å². The van der Waals surface area contributed by atoms with Crippen molar-refractivity contribution in [1.82, 2.24) is 0 Å². The molecule has 3 nitrogen and oxygen atoms in total. The van der Waals surface area contributed by atoms with Crippen LogP contribution in [0.4, 0.5) is 5.69 Å². The highest BCUT2D eigenvalue weighted by Gasteiger charge is 2.14. The van der Waals surface area contributed by atoms with Gasteiger partial charge in [-0.05, 0) is 13.0 Å². The van der Waals surface area contributed by atoms with Crippen molar-refractivity contribution in [2.45, 2.75) is 12.7 Å². The first kappa shape index (κ1) is 10.4. The molecular weight excluding hydrogens is 206 g/mol. The van der Waals surface area contributed by atoms with Crippen LogP contribution >= 0.6 is 24.0 Å². The second kappa shape index (κ2) is 4.53. The van der Waals surface area contributed by atoms with Gasteiger partial charge in [0.05, 0.1) is 12.3 Å². The minimum atomic E-state index is -0.349. The number of anilines is 1. The molecule has 0 aromatic carbocycles. The number of nitrogen functional groups attached to an aromatic ring is 1. The molecule has 2 N–H and O–H groups in total. The summed E-state index contributed by atoms with van der Waals surface area (Å²) in [7, 11) is 0. The molecule has 0 aliphatic rings. The first-order chi connectivity index (χ1) is 6.19. The standard InChI is InChI=1S/C8H11NO2S2/c1-2-11-8(10)7-6(9)3-5(4-12)13-7/h3,12H,2,4,9H2,1H3. The fraction of sp³-hybridized carbons (Fsp3) is 0.375. The Hall–Kier alpha value is -0.680. The molecule has 1 aromatic heterocycles. The van der Waals surface area contributed by atoms with E-state index in [9.17, 15) is 4.79 Å². The molecule has 0 fully saturated rings. The molecule has 5 heteroatoms. The Kier molecular flexibility index (Phi) is 3.62. The molecule has 0 amide bonds. The van der Waals surface area contributed by atoms with Crippen molar-refractivity contribution < 1.29 is 9.53 Å². The van der Waals surface area contributed by atoms with E-state index in [1.807, 2.05) is 0 Å². The fourth-order valence-corrected chi connectivity index (χ4v) is 2.01. The summed E-state index contributed by atoms with van der Waals surface area (Å²) in [5.74, 6) is 0.242. The summed E-state index contributed by atoms with van der Waals surface area (Å²) in [5, 5.41) is 0. The number of hydrogen-bond donors (Lipinski definition) is 2. The predicted molar refractivity (Wildman–Crippen MR) is 57.4 cm³/mol. The zero-order valence-electron chi connectivity index (χ0n) is 7.24. The Labute approximate surface area is 86.3 Å². The van der Waals surface area contributed by atoms with Crippen LogP contribution in [0.3, 0.4) is 0 Å². The first-order valence-electron chi connectivity index (χ1n) is 3.85. The van der Waals surface area contributed by atoms with Crippen LogP contribution in [-0.2, 0) is 10.5 Å². The lowest BCUT2D eigenvalue weighted by atomic mass is 10.4. The van der Waals surface area contributed by atoms with Gasteiger partial charge in [-0.15, -0.1) is 11.3 Å². The maximum atomic E-state index is 11.3. The molecule has 0 spiro atoms. The monoisotopic (exact) mass is 217 g/mol. The molecular formula is C8H11NO2S2. The molecule has 13 heavy (non-hydrogen) atoms. The maximum Gasteiger partial charge on any atom is 0.350 e. The molecule has 1 aromatic rings. The van der Waals surface area contributed by atoms with Crippen LogP contribution in [-0.4, -0.2) is 12.6 Å². The summed E-state index contributed by atoms with van der Waals surface area (Å²) < 4.78 is 4.83. The Morgan fingerprint density at radius 3 is 2.92 bits per heavy atom. The third-order valence-electron chi connectivity index (χ3n) is 1.43. The van der Waals surface area contributed by atoms with Gasteiger partial charge in [0.15, 0.2) is 0 Å². The van der Waals surface area contributed by atoms with E-state index in [0.717, 1.165) is 4.88 Å². The van der Waals surface area contributed by atoms with Crippen molar-refractivity contribution in [2.24, 2.45) is 0 Å². The van der Waals surface area contributed by atoms with E-state index in [4.69, 9.17) is 10.5 Å². The highest BCUT2D eigenvalue weighted by atomic mass is 32.1. The van der Waals surface area contributed by atoms with Gasteiger partial charge in [0.2, 0.25) is 0 Å². The number of carbonyl (C=O) groups excluding carboxylic acids is 1. The summed E-state index contributed by atoms with van der Waals surface area (Å²) in [6.45, 7) is 2.13. The summed E-state index contributed by atoms with van der Waals surface area (Å²) in [5.41, 5.74) is 6.10. The second-order valence-corrected chi connectivity index (χ2v) is 3.83. The van der Waals surface area contributed by atoms with Gasteiger partial charge >= 0.3 is 5.97 Å². The Morgan fingerprint density at radius 2 is 2.46 bits per heavy atom. The third kappa shape index (κ3) is 2.38. The van der Waals surface area contributed by atoms with Gasteiger partial charge in [0, 0.05) is 10.6 Å². The molecule has 0 aliphatic heterocycles. The van der Waals surface area contributed by atoms with Gasteiger partial charge < -0.3 is 10.5 Å². The highest BCUT2D eigenvalue weighted by molar-refractivity contribution is 7.79. The molecule has 0 saturated heterocycles. The molecule has 0 aliphatic carbocycles. The summed E-state index contributed by atoms with van der Waals surface area (Å²) >= 11 is 5.43. The number of ether oxygens (including phenoxy) is 1.